The molecule has 2 N–H and O–H groups in total. The molecule has 1 amide bonds. The van der Waals surface area contributed by atoms with Gasteiger partial charge in [-0.25, -0.2) is 4.39 Å². The number of nitrogens with two attached hydrogens (primary N) is 1. The van der Waals surface area contributed by atoms with Crippen molar-refractivity contribution in [3.63, 3.8) is 0 Å². The molecule has 1 saturated carbocycles. The van der Waals surface area contributed by atoms with Gasteiger partial charge in [0.05, 0.1) is 22.1 Å². The van der Waals surface area contributed by atoms with E-state index in [1.807, 2.05) is 0 Å². The van der Waals surface area contributed by atoms with Crippen LogP contribution in [0.4, 0.5) is 4.39 Å². The summed E-state index contributed by atoms with van der Waals surface area (Å²) in [6.07, 6.45) is 3.92. The van der Waals surface area contributed by atoms with Crippen molar-refractivity contribution < 1.29 is 9.18 Å². The lowest BCUT2D eigenvalue weighted by molar-refractivity contribution is 0.0710. The Bertz CT molecular complexity index is 532. The van der Waals surface area contributed by atoms with Gasteiger partial charge >= 0.3 is 0 Å². The summed E-state index contributed by atoms with van der Waals surface area (Å²) in [6.45, 7) is 0.171. The van der Waals surface area contributed by atoms with Crippen LogP contribution in [0.3, 0.4) is 0 Å². The standard InChI is InChI=1S/C14H16ClFN2OS/c15-11-7-3-6-10(13(11)16)14(19)18(8-12(17)20)9-4-1-2-5-9/h3,6-7,9H,1-2,4-5,8H2,(H2,17,20). The second kappa shape index (κ2) is 6.50. The summed E-state index contributed by atoms with van der Waals surface area (Å²) in [5, 5.41) is -0.0578. The van der Waals surface area contributed by atoms with Crippen LogP contribution in [0, 0.1) is 5.82 Å². The summed E-state index contributed by atoms with van der Waals surface area (Å²) in [4.78, 5) is 14.4. The maximum Gasteiger partial charge on any atom is 0.257 e. The smallest absolute Gasteiger partial charge is 0.257 e. The molecule has 0 radical (unpaired) electrons. The molecule has 0 bridgehead atoms. The van der Waals surface area contributed by atoms with Gasteiger partial charge in [0.15, 0.2) is 5.82 Å². The minimum atomic E-state index is -0.690. The van der Waals surface area contributed by atoms with Gasteiger partial charge in [0.25, 0.3) is 5.91 Å². The third-order valence-corrected chi connectivity index (χ3v) is 3.96. The Morgan fingerprint density at radius 3 is 2.70 bits per heavy atom. The number of carbonyl (C=O) groups excluding carboxylic acids is 1. The van der Waals surface area contributed by atoms with E-state index < -0.39 is 11.7 Å². The zero-order valence-corrected chi connectivity index (χ0v) is 12.5. The predicted molar refractivity (Wildman–Crippen MR) is 81.5 cm³/mol. The van der Waals surface area contributed by atoms with E-state index in [1.165, 1.54) is 12.1 Å². The highest BCUT2D eigenvalue weighted by molar-refractivity contribution is 7.80. The SMILES string of the molecule is NC(=S)CN(C(=O)c1cccc(Cl)c1F)C1CCCC1. The molecule has 1 aromatic carbocycles. The van der Waals surface area contributed by atoms with Crippen LogP contribution in [0.5, 0.6) is 0 Å². The molecule has 108 valence electrons. The number of hydrogen-bond acceptors (Lipinski definition) is 2. The van der Waals surface area contributed by atoms with E-state index in [0.29, 0.717) is 0 Å². The number of hydrogen-bond donors (Lipinski definition) is 1. The van der Waals surface area contributed by atoms with Gasteiger partial charge in [0.2, 0.25) is 0 Å². The summed E-state index contributed by atoms with van der Waals surface area (Å²) in [7, 11) is 0. The summed E-state index contributed by atoms with van der Waals surface area (Å²) in [6, 6.07) is 4.49. The van der Waals surface area contributed by atoms with Crippen molar-refractivity contribution >= 4 is 34.7 Å². The first-order valence-corrected chi connectivity index (χ1v) is 7.32. The molecule has 0 aromatic heterocycles. The largest absolute Gasteiger partial charge is 0.392 e. The summed E-state index contributed by atoms with van der Waals surface area (Å²) in [5.41, 5.74) is 5.54. The zero-order valence-electron chi connectivity index (χ0n) is 10.9. The Labute approximate surface area is 127 Å². The van der Waals surface area contributed by atoms with E-state index in [2.05, 4.69) is 0 Å². The van der Waals surface area contributed by atoms with E-state index in [0.717, 1.165) is 25.7 Å². The molecule has 2 rings (SSSR count). The first-order chi connectivity index (χ1) is 9.50. The van der Waals surface area contributed by atoms with Crippen molar-refractivity contribution in [3.05, 3.63) is 34.6 Å². The van der Waals surface area contributed by atoms with E-state index in [-0.39, 0.29) is 28.2 Å². The van der Waals surface area contributed by atoms with Crippen LogP contribution in [0.1, 0.15) is 36.0 Å². The van der Waals surface area contributed by atoms with Crippen LogP contribution in [-0.2, 0) is 0 Å². The van der Waals surface area contributed by atoms with Gasteiger partial charge in [-0.1, -0.05) is 42.7 Å². The first kappa shape index (κ1) is 15.2. The number of thiocarbonyl (C=S) groups is 1. The topological polar surface area (TPSA) is 46.3 Å². The Morgan fingerprint density at radius 1 is 1.45 bits per heavy atom. The lowest BCUT2D eigenvalue weighted by Crippen LogP contribution is -2.44. The molecule has 6 heteroatoms. The highest BCUT2D eigenvalue weighted by Crippen LogP contribution is 2.26. The van der Waals surface area contributed by atoms with Gasteiger partial charge in [-0.2, -0.15) is 0 Å². The second-order valence-electron chi connectivity index (χ2n) is 4.94. The normalized spacial score (nSPS) is 15.3. The molecule has 1 aromatic rings. The summed E-state index contributed by atoms with van der Waals surface area (Å²) in [5.74, 6) is -1.09. The maximum atomic E-state index is 14.0. The predicted octanol–water partition coefficient (Wildman–Crippen LogP) is 3.15. The third-order valence-electron chi connectivity index (χ3n) is 3.53. The maximum absolute atomic E-state index is 14.0. The van der Waals surface area contributed by atoms with Crippen molar-refractivity contribution in [2.75, 3.05) is 6.54 Å². The average molecular weight is 315 g/mol. The molecule has 0 spiro atoms. The lowest BCUT2D eigenvalue weighted by atomic mass is 10.1. The fourth-order valence-electron chi connectivity index (χ4n) is 2.57. The van der Waals surface area contributed by atoms with Crippen LogP contribution < -0.4 is 5.73 Å². The molecule has 3 nitrogen and oxygen atoms in total. The molecule has 1 aliphatic rings. The molecule has 0 saturated heterocycles. The molecule has 0 unspecified atom stereocenters. The van der Waals surface area contributed by atoms with Crippen LogP contribution in [-0.4, -0.2) is 28.4 Å². The highest BCUT2D eigenvalue weighted by atomic mass is 35.5. The number of rotatable bonds is 4. The summed E-state index contributed by atoms with van der Waals surface area (Å²) < 4.78 is 14.0. The van der Waals surface area contributed by atoms with Gasteiger partial charge in [-0.15, -0.1) is 0 Å². The molecule has 0 atom stereocenters. The number of amides is 1. The van der Waals surface area contributed by atoms with Gasteiger partial charge in [0, 0.05) is 6.04 Å². The Morgan fingerprint density at radius 2 is 2.10 bits per heavy atom. The quantitative estimate of drug-likeness (QED) is 0.868. The molecule has 1 fully saturated rings. The number of benzene rings is 1. The monoisotopic (exact) mass is 314 g/mol. The average Bonchev–Trinajstić information content (AvgIpc) is 2.92. The number of nitrogens with zero attached hydrogens (tertiary/aromatic N) is 1. The van der Waals surface area contributed by atoms with Crippen molar-refractivity contribution in [1.29, 1.82) is 0 Å². The molecule has 1 aliphatic carbocycles. The van der Waals surface area contributed by atoms with Crippen molar-refractivity contribution in [1.82, 2.24) is 4.90 Å². The molecule has 20 heavy (non-hydrogen) atoms. The van der Waals surface area contributed by atoms with Crippen molar-refractivity contribution in [2.24, 2.45) is 5.73 Å². The second-order valence-corrected chi connectivity index (χ2v) is 5.87. The van der Waals surface area contributed by atoms with E-state index in [9.17, 15) is 9.18 Å². The van der Waals surface area contributed by atoms with Gasteiger partial charge < -0.3 is 10.6 Å². The fraction of sp³-hybridized carbons (Fsp3) is 0.429. The van der Waals surface area contributed by atoms with Crippen LogP contribution in [0.15, 0.2) is 18.2 Å². The van der Waals surface area contributed by atoms with Gasteiger partial charge in [-0.3, -0.25) is 4.79 Å². The third kappa shape index (κ3) is 3.27. The zero-order chi connectivity index (χ0) is 14.7. The Hall–Kier alpha value is -1.20. The van der Waals surface area contributed by atoms with E-state index >= 15 is 0 Å². The van der Waals surface area contributed by atoms with Crippen LogP contribution in [0.2, 0.25) is 5.02 Å². The lowest BCUT2D eigenvalue weighted by Gasteiger charge is -2.28. The molecule has 0 heterocycles. The van der Waals surface area contributed by atoms with Crippen LogP contribution in [0.25, 0.3) is 0 Å². The van der Waals surface area contributed by atoms with Gasteiger partial charge in [-0.05, 0) is 25.0 Å². The minimum Gasteiger partial charge on any atom is -0.392 e. The Kier molecular flexibility index (Phi) is 4.94. The number of halogens is 2. The van der Waals surface area contributed by atoms with Crippen LogP contribution >= 0.6 is 23.8 Å². The fourth-order valence-corrected chi connectivity index (χ4v) is 2.89. The molecular weight excluding hydrogens is 299 g/mol. The van der Waals surface area contributed by atoms with E-state index in [4.69, 9.17) is 29.6 Å². The van der Waals surface area contributed by atoms with Crippen molar-refractivity contribution in [2.45, 2.75) is 31.7 Å². The summed E-state index contributed by atoms with van der Waals surface area (Å²) >= 11 is 10.6. The highest BCUT2D eigenvalue weighted by Gasteiger charge is 2.29. The molecular formula is C14H16ClFN2OS. The van der Waals surface area contributed by atoms with Crippen molar-refractivity contribution in [3.8, 4) is 0 Å². The number of carbonyl (C=O) groups is 1. The minimum absolute atomic E-state index is 0.0272. The first-order valence-electron chi connectivity index (χ1n) is 6.54. The molecule has 0 aliphatic heterocycles. The Balaban J connectivity index is 2.29. The van der Waals surface area contributed by atoms with Gasteiger partial charge in [0.1, 0.15) is 0 Å². The van der Waals surface area contributed by atoms with E-state index in [1.54, 1.807) is 11.0 Å².